The molecule has 0 aliphatic carbocycles. The van der Waals surface area contributed by atoms with E-state index in [2.05, 4.69) is 4.57 Å². The van der Waals surface area contributed by atoms with Crippen LogP contribution in [0.2, 0.25) is 0 Å². The summed E-state index contributed by atoms with van der Waals surface area (Å²) in [5.74, 6) is 0.835. The smallest absolute Gasteiger partial charge is 0.255 e. The number of unbranched alkanes of at least 4 members (excludes halogenated alkanes) is 1. The first-order chi connectivity index (χ1) is 16.9. The van der Waals surface area contributed by atoms with Gasteiger partial charge in [-0.05, 0) is 43.7 Å². The highest BCUT2D eigenvalue weighted by Crippen LogP contribution is 2.32. The van der Waals surface area contributed by atoms with Crippen molar-refractivity contribution < 1.29 is 17.9 Å². The summed E-state index contributed by atoms with van der Waals surface area (Å²) >= 11 is 0. The van der Waals surface area contributed by atoms with Crippen LogP contribution in [0, 0.1) is 6.92 Å². The second-order valence-corrected chi connectivity index (χ2v) is 10.9. The number of carbonyl (C=O) groups excluding carboxylic acids is 1. The monoisotopic (exact) mass is 495 g/mol. The minimum atomic E-state index is -3.27. The Morgan fingerprint density at radius 1 is 0.971 bits per heavy atom. The van der Waals surface area contributed by atoms with Gasteiger partial charge in [-0.3, -0.25) is 4.79 Å². The molecule has 0 saturated carbocycles. The standard InChI is InChI=1S/C27H33N3O4S/c1-4-5-18-35(32,33)29-16-14-28(15-17-29)27(31)25-20-26(22-10-9-13-24(19-22)34-3)30(21(25)2)23-11-7-6-8-12-23/h6-13,19-20H,4-5,14-18H2,1-3H3. The molecule has 1 saturated heterocycles. The molecule has 35 heavy (non-hydrogen) atoms. The van der Waals surface area contributed by atoms with E-state index in [1.807, 2.05) is 74.5 Å². The van der Waals surface area contributed by atoms with E-state index in [-0.39, 0.29) is 11.7 Å². The van der Waals surface area contributed by atoms with E-state index < -0.39 is 10.0 Å². The van der Waals surface area contributed by atoms with E-state index >= 15 is 0 Å². The molecular weight excluding hydrogens is 462 g/mol. The van der Waals surface area contributed by atoms with Gasteiger partial charge >= 0.3 is 0 Å². The van der Waals surface area contributed by atoms with E-state index in [1.54, 1.807) is 12.0 Å². The van der Waals surface area contributed by atoms with Gasteiger partial charge in [-0.25, -0.2) is 8.42 Å². The molecule has 2 aromatic carbocycles. The van der Waals surface area contributed by atoms with Gasteiger partial charge in [-0.15, -0.1) is 0 Å². The van der Waals surface area contributed by atoms with Gasteiger partial charge in [-0.2, -0.15) is 4.31 Å². The maximum atomic E-state index is 13.6. The van der Waals surface area contributed by atoms with Crippen molar-refractivity contribution in [1.82, 2.24) is 13.8 Å². The summed E-state index contributed by atoms with van der Waals surface area (Å²) in [4.78, 5) is 15.4. The molecule has 0 bridgehead atoms. The average Bonchev–Trinajstić information content (AvgIpc) is 3.24. The van der Waals surface area contributed by atoms with Crippen molar-refractivity contribution >= 4 is 15.9 Å². The molecule has 3 aromatic rings. The van der Waals surface area contributed by atoms with Gasteiger partial charge in [0.1, 0.15) is 5.75 Å². The molecular formula is C27H33N3O4S. The van der Waals surface area contributed by atoms with Gasteiger partial charge in [0, 0.05) is 43.1 Å². The lowest BCUT2D eigenvalue weighted by Crippen LogP contribution is -2.51. The molecule has 1 aromatic heterocycles. The largest absolute Gasteiger partial charge is 0.497 e. The summed E-state index contributed by atoms with van der Waals surface area (Å²) in [5.41, 5.74) is 4.28. The predicted molar refractivity (Wildman–Crippen MR) is 139 cm³/mol. The molecule has 2 heterocycles. The van der Waals surface area contributed by atoms with Crippen LogP contribution in [-0.2, 0) is 10.0 Å². The summed E-state index contributed by atoms with van der Waals surface area (Å²) < 4.78 is 34.2. The number of rotatable bonds is 8. The minimum Gasteiger partial charge on any atom is -0.497 e. The highest BCUT2D eigenvalue weighted by molar-refractivity contribution is 7.89. The number of hydrogen-bond donors (Lipinski definition) is 0. The number of aromatic nitrogens is 1. The van der Waals surface area contributed by atoms with Crippen LogP contribution in [0.1, 0.15) is 35.8 Å². The third-order valence-corrected chi connectivity index (χ3v) is 8.49. The number of piperazine rings is 1. The molecule has 1 amide bonds. The van der Waals surface area contributed by atoms with Crippen molar-refractivity contribution in [3.63, 3.8) is 0 Å². The molecule has 1 fully saturated rings. The Hall–Kier alpha value is -3.10. The van der Waals surface area contributed by atoms with Crippen LogP contribution in [0.25, 0.3) is 16.9 Å². The molecule has 0 spiro atoms. The van der Waals surface area contributed by atoms with Crippen LogP contribution < -0.4 is 4.74 Å². The molecule has 4 rings (SSSR count). The lowest BCUT2D eigenvalue weighted by molar-refractivity contribution is 0.0697. The molecule has 0 N–H and O–H groups in total. The highest BCUT2D eigenvalue weighted by atomic mass is 32.2. The van der Waals surface area contributed by atoms with E-state index in [9.17, 15) is 13.2 Å². The fraction of sp³-hybridized carbons (Fsp3) is 0.370. The third kappa shape index (κ3) is 5.28. The van der Waals surface area contributed by atoms with Crippen molar-refractivity contribution in [3.05, 3.63) is 71.9 Å². The molecule has 186 valence electrons. The van der Waals surface area contributed by atoms with Gasteiger partial charge in [0.25, 0.3) is 5.91 Å². The van der Waals surface area contributed by atoms with Crippen LogP contribution in [0.5, 0.6) is 5.75 Å². The van der Waals surface area contributed by atoms with E-state index in [0.717, 1.165) is 34.8 Å². The van der Waals surface area contributed by atoms with Crippen LogP contribution in [-0.4, -0.2) is 67.1 Å². The molecule has 8 heteroatoms. The number of ether oxygens (including phenoxy) is 1. The van der Waals surface area contributed by atoms with Gasteiger partial charge in [0.15, 0.2) is 0 Å². The second-order valence-electron chi connectivity index (χ2n) is 8.79. The summed E-state index contributed by atoms with van der Waals surface area (Å²) in [6.45, 7) is 5.37. The van der Waals surface area contributed by atoms with Gasteiger partial charge in [-0.1, -0.05) is 43.7 Å². The first-order valence-corrected chi connectivity index (χ1v) is 13.7. The lowest BCUT2D eigenvalue weighted by Gasteiger charge is -2.34. The average molecular weight is 496 g/mol. The number of carbonyl (C=O) groups is 1. The Balaban J connectivity index is 1.64. The van der Waals surface area contributed by atoms with Crippen LogP contribution >= 0.6 is 0 Å². The van der Waals surface area contributed by atoms with Crippen molar-refractivity contribution in [3.8, 4) is 22.7 Å². The van der Waals surface area contributed by atoms with Crippen molar-refractivity contribution in [1.29, 1.82) is 0 Å². The number of methoxy groups -OCH3 is 1. The van der Waals surface area contributed by atoms with E-state index in [1.165, 1.54) is 4.31 Å². The quantitative estimate of drug-likeness (QED) is 0.466. The SMILES string of the molecule is CCCCS(=O)(=O)N1CCN(C(=O)c2cc(-c3cccc(OC)c3)n(-c3ccccc3)c2C)CC1. The van der Waals surface area contributed by atoms with E-state index in [4.69, 9.17) is 4.74 Å². The third-order valence-electron chi connectivity index (χ3n) is 6.53. The molecule has 0 atom stereocenters. The summed E-state index contributed by atoms with van der Waals surface area (Å²) in [6, 6.07) is 19.7. The Labute approximate surface area is 208 Å². The predicted octanol–water partition coefficient (Wildman–Crippen LogP) is 4.35. The molecule has 1 aliphatic rings. The zero-order valence-corrected chi connectivity index (χ0v) is 21.4. The van der Waals surface area contributed by atoms with Crippen LogP contribution in [0.3, 0.4) is 0 Å². The summed E-state index contributed by atoms with van der Waals surface area (Å²) in [5, 5.41) is 0. The van der Waals surface area contributed by atoms with Gasteiger partial charge < -0.3 is 14.2 Å². The summed E-state index contributed by atoms with van der Waals surface area (Å²) in [6.07, 6.45) is 1.49. The topological polar surface area (TPSA) is 71.8 Å². The van der Waals surface area contributed by atoms with Gasteiger partial charge in [0.2, 0.25) is 10.0 Å². The highest BCUT2D eigenvalue weighted by Gasteiger charge is 2.30. The second kappa shape index (κ2) is 10.7. The van der Waals surface area contributed by atoms with Crippen molar-refractivity contribution in [2.45, 2.75) is 26.7 Å². The first-order valence-electron chi connectivity index (χ1n) is 12.0. The number of sulfonamides is 1. The van der Waals surface area contributed by atoms with Crippen LogP contribution in [0.15, 0.2) is 60.7 Å². The molecule has 0 radical (unpaired) electrons. The first kappa shape index (κ1) is 25.0. The molecule has 0 unspecified atom stereocenters. The molecule has 1 aliphatic heterocycles. The Morgan fingerprint density at radius 3 is 2.34 bits per heavy atom. The Bertz CT molecular complexity index is 1280. The maximum Gasteiger partial charge on any atom is 0.255 e. The minimum absolute atomic E-state index is 0.0769. The Kier molecular flexibility index (Phi) is 7.62. The number of hydrogen-bond acceptors (Lipinski definition) is 4. The van der Waals surface area contributed by atoms with E-state index in [0.29, 0.717) is 38.2 Å². The number of para-hydroxylation sites is 1. The lowest BCUT2D eigenvalue weighted by atomic mass is 10.1. The van der Waals surface area contributed by atoms with Crippen molar-refractivity contribution in [2.24, 2.45) is 0 Å². The zero-order valence-electron chi connectivity index (χ0n) is 20.6. The normalized spacial score (nSPS) is 14.8. The zero-order chi connectivity index (χ0) is 25.0. The number of amides is 1. The Morgan fingerprint density at radius 2 is 1.69 bits per heavy atom. The maximum absolute atomic E-state index is 13.6. The fourth-order valence-electron chi connectivity index (χ4n) is 4.52. The number of benzene rings is 2. The molecule has 7 nitrogen and oxygen atoms in total. The fourth-order valence-corrected chi connectivity index (χ4v) is 6.15. The summed E-state index contributed by atoms with van der Waals surface area (Å²) in [7, 11) is -1.63. The number of nitrogens with zero attached hydrogens (tertiary/aromatic N) is 3. The van der Waals surface area contributed by atoms with Crippen LogP contribution in [0.4, 0.5) is 0 Å². The van der Waals surface area contributed by atoms with Crippen molar-refractivity contribution in [2.75, 3.05) is 39.0 Å². The van der Waals surface area contributed by atoms with Gasteiger partial charge in [0.05, 0.1) is 24.1 Å².